The van der Waals surface area contributed by atoms with E-state index in [2.05, 4.69) is 10.6 Å². The van der Waals surface area contributed by atoms with Crippen molar-refractivity contribution in [2.24, 2.45) is 0 Å². The zero-order valence-electron chi connectivity index (χ0n) is 12.5. The van der Waals surface area contributed by atoms with Crippen molar-refractivity contribution in [2.75, 3.05) is 39.9 Å². The summed E-state index contributed by atoms with van der Waals surface area (Å²) in [6.45, 7) is 2.46. The predicted octanol–water partition coefficient (Wildman–Crippen LogP) is 0.754. The van der Waals surface area contributed by atoms with E-state index in [4.69, 9.17) is 4.74 Å². The minimum absolute atomic E-state index is 0.226. The van der Waals surface area contributed by atoms with Crippen molar-refractivity contribution in [3.05, 3.63) is 0 Å². The first-order chi connectivity index (χ1) is 9.85. The lowest BCUT2D eigenvalue weighted by Crippen LogP contribution is -2.55. The molecule has 0 aromatic heterocycles. The van der Waals surface area contributed by atoms with Gasteiger partial charge in [-0.2, -0.15) is 13.2 Å². The first-order valence-electron chi connectivity index (χ1n) is 7.15. The van der Waals surface area contributed by atoms with Crippen LogP contribution in [-0.2, 0) is 9.53 Å². The third kappa shape index (κ3) is 6.62. The summed E-state index contributed by atoms with van der Waals surface area (Å²) in [6.07, 6.45) is -3.08. The van der Waals surface area contributed by atoms with Gasteiger partial charge in [0.25, 0.3) is 0 Å². The van der Waals surface area contributed by atoms with E-state index in [1.807, 2.05) is 0 Å². The molecule has 1 atom stereocenters. The molecule has 1 saturated heterocycles. The van der Waals surface area contributed by atoms with Crippen LogP contribution in [0.5, 0.6) is 0 Å². The van der Waals surface area contributed by atoms with Gasteiger partial charge in [-0.1, -0.05) is 0 Å². The van der Waals surface area contributed by atoms with Gasteiger partial charge < -0.3 is 15.4 Å². The standard InChI is InChI=1S/C13H24F3N3O2/c1-10(12(20)18-7-8-21-2)19(9-13(14,15)16)11-3-5-17-6-4-11/h10-11,17H,3-9H2,1-2H3,(H,18,20). The van der Waals surface area contributed by atoms with Gasteiger partial charge in [-0.3, -0.25) is 9.69 Å². The Balaban J connectivity index is 2.67. The quantitative estimate of drug-likeness (QED) is 0.682. The molecule has 0 aromatic rings. The largest absolute Gasteiger partial charge is 0.401 e. The second-order valence-corrected chi connectivity index (χ2v) is 5.23. The molecule has 1 unspecified atom stereocenters. The SMILES string of the molecule is COCCNC(=O)C(C)N(CC(F)(F)F)C1CCNCC1. The molecule has 1 fully saturated rings. The summed E-state index contributed by atoms with van der Waals surface area (Å²) in [5.41, 5.74) is 0. The Morgan fingerprint density at radius 3 is 2.57 bits per heavy atom. The number of halogens is 3. The third-order valence-corrected chi connectivity index (χ3v) is 3.62. The Morgan fingerprint density at radius 2 is 2.05 bits per heavy atom. The number of carbonyl (C=O) groups is 1. The van der Waals surface area contributed by atoms with Crippen molar-refractivity contribution < 1.29 is 22.7 Å². The number of amides is 1. The van der Waals surface area contributed by atoms with Crippen LogP contribution in [0.4, 0.5) is 13.2 Å². The number of piperidine rings is 1. The highest BCUT2D eigenvalue weighted by Crippen LogP contribution is 2.23. The maximum atomic E-state index is 12.8. The summed E-state index contributed by atoms with van der Waals surface area (Å²) in [5.74, 6) is -0.394. The number of hydrogen-bond donors (Lipinski definition) is 2. The monoisotopic (exact) mass is 311 g/mol. The van der Waals surface area contributed by atoms with E-state index < -0.39 is 24.7 Å². The Labute approximate surface area is 123 Å². The van der Waals surface area contributed by atoms with Crippen molar-refractivity contribution >= 4 is 5.91 Å². The number of nitrogens with one attached hydrogen (secondary N) is 2. The fourth-order valence-electron chi connectivity index (χ4n) is 2.50. The molecule has 1 aliphatic rings. The average molecular weight is 311 g/mol. The summed E-state index contributed by atoms with van der Waals surface area (Å²) in [6, 6.07) is -1.04. The molecule has 8 heteroatoms. The van der Waals surface area contributed by atoms with Crippen LogP contribution < -0.4 is 10.6 Å². The van der Waals surface area contributed by atoms with Crippen LogP contribution in [0.25, 0.3) is 0 Å². The van der Waals surface area contributed by atoms with Gasteiger partial charge in [0.1, 0.15) is 0 Å². The van der Waals surface area contributed by atoms with Gasteiger partial charge in [-0.25, -0.2) is 0 Å². The molecule has 0 saturated carbocycles. The highest BCUT2D eigenvalue weighted by Gasteiger charge is 2.38. The number of nitrogens with zero attached hydrogens (tertiary/aromatic N) is 1. The van der Waals surface area contributed by atoms with E-state index in [0.717, 1.165) is 0 Å². The molecule has 5 nitrogen and oxygen atoms in total. The summed E-state index contributed by atoms with van der Waals surface area (Å²) < 4.78 is 43.2. The molecule has 1 rings (SSSR count). The second-order valence-electron chi connectivity index (χ2n) is 5.23. The highest BCUT2D eigenvalue weighted by atomic mass is 19.4. The molecule has 2 N–H and O–H groups in total. The maximum Gasteiger partial charge on any atom is 0.401 e. The van der Waals surface area contributed by atoms with E-state index >= 15 is 0 Å². The van der Waals surface area contributed by atoms with Crippen LogP contribution in [0.15, 0.2) is 0 Å². The molecule has 0 bridgehead atoms. The van der Waals surface area contributed by atoms with Crippen molar-refractivity contribution in [3.8, 4) is 0 Å². The fraction of sp³-hybridized carbons (Fsp3) is 0.923. The predicted molar refractivity (Wildman–Crippen MR) is 73.0 cm³/mol. The normalized spacial score (nSPS) is 18.8. The fourth-order valence-corrected chi connectivity index (χ4v) is 2.50. The molecule has 0 aliphatic carbocycles. The van der Waals surface area contributed by atoms with Crippen LogP contribution in [0, 0.1) is 0 Å². The summed E-state index contributed by atoms with van der Waals surface area (Å²) in [7, 11) is 1.50. The van der Waals surface area contributed by atoms with Crippen molar-refractivity contribution in [2.45, 2.75) is 38.0 Å². The van der Waals surface area contributed by atoms with Crippen molar-refractivity contribution in [1.29, 1.82) is 0 Å². The lowest BCUT2D eigenvalue weighted by atomic mass is 10.0. The maximum absolute atomic E-state index is 12.8. The molecular formula is C13H24F3N3O2. The summed E-state index contributed by atoms with van der Waals surface area (Å²) in [5, 5.41) is 5.72. The van der Waals surface area contributed by atoms with Gasteiger partial charge in [0.2, 0.25) is 5.91 Å². The lowest BCUT2D eigenvalue weighted by molar-refractivity contribution is -0.161. The topological polar surface area (TPSA) is 53.6 Å². The Kier molecular flexibility index (Phi) is 7.41. The zero-order chi connectivity index (χ0) is 15.9. The Bertz CT molecular complexity index is 320. The number of alkyl halides is 3. The first-order valence-corrected chi connectivity index (χ1v) is 7.15. The number of rotatable bonds is 7. The number of carbonyl (C=O) groups excluding carboxylic acids is 1. The molecular weight excluding hydrogens is 287 g/mol. The average Bonchev–Trinajstić information content (AvgIpc) is 2.44. The number of ether oxygens (including phenoxy) is 1. The van der Waals surface area contributed by atoms with E-state index in [-0.39, 0.29) is 6.04 Å². The molecule has 0 aromatic carbocycles. The molecule has 21 heavy (non-hydrogen) atoms. The van der Waals surface area contributed by atoms with Gasteiger partial charge in [-0.15, -0.1) is 0 Å². The van der Waals surface area contributed by atoms with E-state index in [1.165, 1.54) is 18.9 Å². The van der Waals surface area contributed by atoms with Crippen molar-refractivity contribution in [3.63, 3.8) is 0 Å². The van der Waals surface area contributed by atoms with Crippen LogP contribution in [0.1, 0.15) is 19.8 Å². The summed E-state index contributed by atoms with van der Waals surface area (Å²) >= 11 is 0. The molecule has 1 aliphatic heterocycles. The Morgan fingerprint density at radius 1 is 1.43 bits per heavy atom. The van der Waals surface area contributed by atoms with E-state index in [1.54, 1.807) is 0 Å². The third-order valence-electron chi connectivity index (χ3n) is 3.62. The minimum atomic E-state index is -4.31. The first kappa shape index (κ1) is 18.2. The Hall–Kier alpha value is -0.860. The van der Waals surface area contributed by atoms with Gasteiger partial charge in [-0.05, 0) is 32.9 Å². The number of methoxy groups -OCH3 is 1. The molecule has 124 valence electrons. The van der Waals surface area contributed by atoms with E-state index in [9.17, 15) is 18.0 Å². The lowest BCUT2D eigenvalue weighted by Gasteiger charge is -2.38. The van der Waals surface area contributed by atoms with Crippen LogP contribution >= 0.6 is 0 Å². The van der Waals surface area contributed by atoms with Crippen LogP contribution in [0.3, 0.4) is 0 Å². The smallest absolute Gasteiger partial charge is 0.383 e. The molecule has 0 spiro atoms. The van der Waals surface area contributed by atoms with Crippen LogP contribution in [-0.4, -0.2) is 69.0 Å². The van der Waals surface area contributed by atoms with Crippen LogP contribution in [0.2, 0.25) is 0 Å². The highest BCUT2D eigenvalue weighted by molar-refractivity contribution is 5.81. The zero-order valence-corrected chi connectivity index (χ0v) is 12.5. The molecule has 1 amide bonds. The van der Waals surface area contributed by atoms with Gasteiger partial charge in [0.15, 0.2) is 0 Å². The molecule has 0 radical (unpaired) electrons. The van der Waals surface area contributed by atoms with Gasteiger partial charge in [0.05, 0.1) is 19.2 Å². The second kappa shape index (κ2) is 8.55. The molecule has 1 heterocycles. The van der Waals surface area contributed by atoms with E-state index in [0.29, 0.717) is 39.1 Å². The minimum Gasteiger partial charge on any atom is -0.383 e. The van der Waals surface area contributed by atoms with Gasteiger partial charge >= 0.3 is 6.18 Å². The summed E-state index contributed by atoms with van der Waals surface area (Å²) in [4.78, 5) is 13.3. The van der Waals surface area contributed by atoms with Crippen molar-refractivity contribution in [1.82, 2.24) is 15.5 Å². The number of hydrogen-bond acceptors (Lipinski definition) is 4. The van der Waals surface area contributed by atoms with Gasteiger partial charge in [0, 0.05) is 19.7 Å².